The van der Waals surface area contributed by atoms with Gasteiger partial charge in [0.1, 0.15) is 11.9 Å². The van der Waals surface area contributed by atoms with Crippen LogP contribution in [0.2, 0.25) is 0 Å². The fourth-order valence-corrected chi connectivity index (χ4v) is 4.26. The average Bonchev–Trinajstić information content (AvgIpc) is 3.05. The van der Waals surface area contributed by atoms with Crippen molar-refractivity contribution in [3.63, 3.8) is 0 Å². The second-order valence-corrected chi connectivity index (χ2v) is 9.18. The Morgan fingerprint density at radius 3 is 2.66 bits per heavy atom. The monoisotopic (exact) mass is 450 g/mol. The van der Waals surface area contributed by atoms with Gasteiger partial charge in [-0.2, -0.15) is 0 Å². The molecule has 0 radical (unpaired) electrons. The minimum atomic E-state index is -1.17. The summed E-state index contributed by atoms with van der Waals surface area (Å²) in [7, 11) is 3.90. The molecule has 1 aromatic rings. The van der Waals surface area contributed by atoms with Gasteiger partial charge < -0.3 is 29.2 Å². The number of hydrogen-bond donors (Lipinski definition) is 1. The van der Waals surface area contributed by atoms with Crippen LogP contribution in [0, 0.1) is 5.82 Å². The first kappa shape index (κ1) is 24.8. The average molecular weight is 451 g/mol. The van der Waals surface area contributed by atoms with Gasteiger partial charge >= 0.3 is 0 Å². The lowest BCUT2D eigenvalue weighted by Crippen LogP contribution is -2.60. The lowest BCUT2D eigenvalue weighted by Gasteiger charge is -2.43. The number of rotatable bonds is 10. The summed E-state index contributed by atoms with van der Waals surface area (Å²) in [6.07, 6.45) is 1.26. The van der Waals surface area contributed by atoms with Gasteiger partial charge in [-0.15, -0.1) is 6.58 Å². The Balaban J connectivity index is 1.84. The van der Waals surface area contributed by atoms with E-state index in [4.69, 9.17) is 18.9 Å². The molecule has 1 aliphatic carbocycles. The van der Waals surface area contributed by atoms with Crippen LogP contribution < -0.4 is 5.32 Å². The first-order valence-corrected chi connectivity index (χ1v) is 11.0. The van der Waals surface area contributed by atoms with Gasteiger partial charge in [-0.25, -0.2) is 4.39 Å². The normalized spacial score (nSPS) is 29.0. The smallest absolute Gasteiger partial charge is 0.252 e. The van der Waals surface area contributed by atoms with E-state index in [0.717, 1.165) is 5.56 Å². The molecule has 1 saturated carbocycles. The van der Waals surface area contributed by atoms with Crippen molar-refractivity contribution in [3.05, 3.63) is 48.3 Å². The molecule has 4 atom stereocenters. The Morgan fingerprint density at radius 1 is 1.28 bits per heavy atom. The van der Waals surface area contributed by atoms with Gasteiger partial charge in [0.2, 0.25) is 0 Å². The van der Waals surface area contributed by atoms with Crippen LogP contribution in [0.3, 0.4) is 0 Å². The molecular formula is C24H35FN2O5. The number of carbonyl (C=O) groups excluding carboxylic acids is 1. The van der Waals surface area contributed by atoms with Crippen molar-refractivity contribution >= 4 is 5.91 Å². The molecule has 1 aromatic carbocycles. The van der Waals surface area contributed by atoms with E-state index in [9.17, 15) is 9.18 Å². The van der Waals surface area contributed by atoms with Crippen LogP contribution in [0.5, 0.6) is 0 Å². The lowest BCUT2D eigenvalue weighted by atomic mass is 9.78. The Bertz CT molecular complexity index is 785. The number of fused-ring (bicyclic) bond motifs is 1. The van der Waals surface area contributed by atoms with E-state index in [1.807, 2.05) is 32.8 Å². The summed E-state index contributed by atoms with van der Waals surface area (Å²) in [5, 5.41) is 3.01. The van der Waals surface area contributed by atoms with E-state index in [-0.39, 0.29) is 30.5 Å². The number of nitrogens with one attached hydrogen (secondary N) is 1. The van der Waals surface area contributed by atoms with Gasteiger partial charge in [-0.1, -0.05) is 18.2 Å². The highest BCUT2D eigenvalue weighted by atomic mass is 19.1. The van der Waals surface area contributed by atoms with Gasteiger partial charge in [-0.05, 0) is 45.6 Å². The standard InChI is InChI=1S/C24H35FN2O5/c1-6-13-29-19-14-24(22(28)26-11-12-27(4)5,15-20-21(19)32-23(2,3)31-20)30-16-17-7-9-18(25)10-8-17/h6-10,19-21H,1,11-16H2,2-5H3,(H,26,28)/t19?,20-,21+,24-/m1/s1. The molecule has 2 fully saturated rings. The minimum Gasteiger partial charge on any atom is -0.371 e. The van der Waals surface area contributed by atoms with Crippen LogP contribution in [0.15, 0.2) is 36.9 Å². The second kappa shape index (κ2) is 10.4. The molecule has 0 bridgehead atoms. The highest BCUT2D eigenvalue weighted by Gasteiger charge is 2.57. The van der Waals surface area contributed by atoms with E-state index >= 15 is 0 Å². The maximum atomic E-state index is 13.5. The number of halogens is 1. The topological polar surface area (TPSA) is 69.3 Å². The molecule has 1 heterocycles. The van der Waals surface area contributed by atoms with Crippen LogP contribution >= 0.6 is 0 Å². The van der Waals surface area contributed by atoms with Crippen LogP contribution in [0.25, 0.3) is 0 Å². The third kappa shape index (κ3) is 6.14. The molecule has 1 N–H and O–H groups in total. The number of carbonyl (C=O) groups is 1. The fraction of sp³-hybridized carbons (Fsp3) is 0.625. The molecule has 8 heteroatoms. The number of hydrogen-bond acceptors (Lipinski definition) is 6. The zero-order valence-electron chi connectivity index (χ0n) is 19.4. The first-order valence-electron chi connectivity index (χ1n) is 11.0. The zero-order chi connectivity index (χ0) is 23.4. The van der Waals surface area contributed by atoms with Crippen molar-refractivity contribution in [3.8, 4) is 0 Å². The summed E-state index contributed by atoms with van der Waals surface area (Å²) in [4.78, 5) is 15.5. The largest absolute Gasteiger partial charge is 0.371 e. The van der Waals surface area contributed by atoms with E-state index < -0.39 is 17.5 Å². The summed E-state index contributed by atoms with van der Waals surface area (Å²) in [5.74, 6) is -1.30. The van der Waals surface area contributed by atoms with Gasteiger partial charge in [0.05, 0.1) is 25.4 Å². The van der Waals surface area contributed by atoms with Crippen molar-refractivity contribution in [1.29, 1.82) is 0 Å². The molecule has 178 valence electrons. The van der Waals surface area contributed by atoms with Crippen molar-refractivity contribution in [2.24, 2.45) is 0 Å². The number of amides is 1. The van der Waals surface area contributed by atoms with Gasteiger partial charge in [-0.3, -0.25) is 4.79 Å². The van der Waals surface area contributed by atoms with Crippen LogP contribution in [-0.2, 0) is 30.3 Å². The molecule has 7 nitrogen and oxygen atoms in total. The summed E-state index contributed by atoms with van der Waals surface area (Å²) in [5.41, 5.74) is -0.390. The van der Waals surface area contributed by atoms with Crippen molar-refractivity contribution in [2.75, 3.05) is 33.8 Å². The van der Waals surface area contributed by atoms with E-state index in [1.54, 1.807) is 18.2 Å². The lowest BCUT2D eigenvalue weighted by molar-refractivity contribution is -0.180. The van der Waals surface area contributed by atoms with E-state index in [0.29, 0.717) is 32.5 Å². The zero-order valence-corrected chi connectivity index (χ0v) is 19.4. The molecule has 3 rings (SSSR count). The summed E-state index contributed by atoms with van der Waals surface area (Å²) in [6, 6.07) is 6.07. The summed E-state index contributed by atoms with van der Waals surface area (Å²) >= 11 is 0. The van der Waals surface area contributed by atoms with Crippen molar-refractivity contribution in [2.45, 2.75) is 63.0 Å². The highest BCUT2D eigenvalue weighted by molar-refractivity contribution is 5.85. The predicted molar refractivity (Wildman–Crippen MR) is 118 cm³/mol. The van der Waals surface area contributed by atoms with Gasteiger partial charge in [0, 0.05) is 25.9 Å². The number of benzene rings is 1. The molecule has 32 heavy (non-hydrogen) atoms. The molecule has 0 aromatic heterocycles. The maximum absolute atomic E-state index is 13.5. The predicted octanol–water partition coefficient (Wildman–Crippen LogP) is 2.64. The Hall–Kier alpha value is -1.84. The fourth-order valence-electron chi connectivity index (χ4n) is 4.26. The van der Waals surface area contributed by atoms with Crippen molar-refractivity contribution < 1.29 is 28.1 Å². The number of ether oxygens (including phenoxy) is 4. The SMILES string of the molecule is C=CCOC1C[C@](OCc2ccc(F)cc2)(C(=O)NCCN(C)C)C[C@H]2OC(C)(C)O[C@@H]12. The third-order valence-electron chi connectivity index (χ3n) is 5.76. The number of likely N-dealkylation sites (N-methyl/N-ethyl adjacent to an activating group) is 1. The maximum Gasteiger partial charge on any atom is 0.252 e. The highest BCUT2D eigenvalue weighted by Crippen LogP contribution is 2.44. The molecule has 0 spiro atoms. The number of nitrogens with zero attached hydrogens (tertiary/aromatic N) is 1. The molecule has 1 unspecified atom stereocenters. The third-order valence-corrected chi connectivity index (χ3v) is 5.76. The van der Waals surface area contributed by atoms with E-state index in [2.05, 4.69) is 11.9 Å². The van der Waals surface area contributed by atoms with Crippen LogP contribution in [0.4, 0.5) is 4.39 Å². The first-order chi connectivity index (χ1) is 15.1. The van der Waals surface area contributed by atoms with Gasteiger partial charge in [0.25, 0.3) is 5.91 Å². The Labute approximate surface area is 189 Å². The summed E-state index contributed by atoms with van der Waals surface area (Å²) < 4.78 is 37.9. The second-order valence-electron chi connectivity index (χ2n) is 9.18. The van der Waals surface area contributed by atoms with Crippen LogP contribution in [0.1, 0.15) is 32.3 Å². The Kier molecular flexibility index (Phi) is 8.06. The summed E-state index contributed by atoms with van der Waals surface area (Å²) in [6.45, 7) is 9.12. The minimum absolute atomic E-state index is 0.164. The molecule has 1 saturated heterocycles. The van der Waals surface area contributed by atoms with Crippen LogP contribution in [-0.4, -0.2) is 74.3 Å². The van der Waals surface area contributed by atoms with Gasteiger partial charge in [0.15, 0.2) is 11.4 Å². The van der Waals surface area contributed by atoms with E-state index in [1.165, 1.54) is 12.1 Å². The Morgan fingerprint density at radius 2 is 2.00 bits per heavy atom. The molecular weight excluding hydrogens is 415 g/mol. The molecule has 1 amide bonds. The molecule has 2 aliphatic rings. The molecule has 1 aliphatic heterocycles. The quantitative estimate of drug-likeness (QED) is 0.553. The van der Waals surface area contributed by atoms with Crippen molar-refractivity contribution in [1.82, 2.24) is 10.2 Å².